The highest BCUT2D eigenvalue weighted by Crippen LogP contribution is 2.33. The summed E-state index contributed by atoms with van der Waals surface area (Å²) in [5.74, 6) is -0.980. The number of aliphatic hydroxyl groups is 1. The third-order valence-corrected chi connectivity index (χ3v) is 6.45. The van der Waals surface area contributed by atoms with Gasteiger partial charge in [-0.3, -0.25) is 9.36 Å². The van der Waals surface area contributed by atoms with E-state index in [1.807, 2.05) is 0 Å². The lowest BCUT2D eigenvalue weighted by Gasteiger charge is -2.24. The maximum Gasteiger partial charge on any atom is 0.323 e. The monoisotopic (exact) mass is 549 g/mol. The summed E-state index contributed by atoms with van der Waals surface area (Å²) in [5, 5.41) is 14.5. The van der Waals surface area contributed by atoms with Gasteiger partial charge >= 0.3 is 12.1 Å². The molecule has 3 aromatic rings. The van der Waals surface area contributed by atoms with Crippen LogP contribution >= 0.6 is 11.6 Å². The Hall–Kier alpha value is -3.90. The standard InChI is InChI=1S/C25H26ClF2N5O5/c1-25(28)10-20(22(35)30-11-14-3-2-4-17(26)21(14)27)33(13-25)24(37)31-18-12-32(23(29)36)19-6-5-15(9-16(18)19)38-8-7-34/h2-6,9,12,20,34H,7-8,10-11,13H2,1H3,(H2,29,36)(H,30,35)(H,31,37)/t20-,25+/m0/s1. The van der Waals surface area contributed by atoms with Crippen molar-refractivity contribution in [1.82, 2.24) is 14.8 Å². The lowest BCUT2D eigenvalue weighted by atomic mass is 10.0. The number of nitrogens with two attached hydrogens (primary N) is 1. The molecule has 1 aliphatic heterocycles. The first-order valence-electron chi connectivity index (χ1n) is 11.7. The Bertz CT molecular complexity index is 1400. The first-order valence-corrected chi connectivity index (χ1v) is 12.0. The SMILES string of the molecule is C[C@@]1(F)C[C@@H](C(=O)NCc2cccc(Cl)c2F)N(C(=O)Nc2cn(C(N)=O)c3ccc(OCCO)cc23)C1. The number of hydrogen-bond acceptors (Lipinski definition) is 5. The van der Waals surface area contributed by atoms with Crippen LogP contribution < -0.4 is 21.1 Å². The third kappa shape index (κ3) is 5.65. The number of nitrogens with zero attached hydrogens (tertiary/aromatic N) is 2. The average molecular weight is 550 g/mol. The van der Waals surface area contributed by atoms with Gasteiger partial charge in [-0.15, -0.1) is 0 Å². The van der Waals surface area contributed by atoms with Crippen LogP contribution in [-0.2, 0) is 11.3 Å². The van der Waals surface area contributed by atoms with Gasteiger partial charge in [0.15, 0.2) is 0 Å². The van der Waals surface area contributed by atoms with Crippen molar-refractivity contribution in [2.45, 2.75) is 31.6 Å². The number of hydrogen-bond donors (Lipinski definition) is 4. The number of ether oxygens (including phenoxy) is 1. The van der Waals surface area contributed by atoms with Crippen LogP contribution in [0.25, 0.3) is 10.9 Å². The molecule has 1 aromatic heterocycles. The van der Waals surface area contributed by atoms with E-state index in [2.05, 4.69) is 10.6 Å². The number of aliphatic hydroxyl groups excluding tert-OH is 1. The zero-order valence-electron chi connectivity index (χ0n) is 20.3. The van der Waals surface area contributed by atoms with Crippen molar-refractivity contribution in [1.29, 1.82) is 0 Å². The molecule has 202 valence electrons. The molecule has 1 aliphatic rings. The predicted molar refractivity (Wildman–Crippen MR) is 136 cm³/mol. The Labute approximate surface area is 221 Å². The Kier molecular flexibility index (Phi) is 7.74. The number of urea groups is 1. The van der Waals surface area contributed by atoms with E-state index in [0.717, 1.165) is 9.47 Å². The molecule has 0 unspecified atom stereocenters. The summed E-state index contributed by atoms with van der Waals surface area (Å²) >= 11 is 5.78. The molecule has 5 N–H and O–H groups in total. The van der Waals surface area contributed by atoms with E-state index >= 15 is 4.39 Å². The topological polar surface area (TPSA) is 139 Å². The highest BCUT2D eigenvalue weighted by atomic mass is 35.5. The van der Waals surface area contributed by atoms with E-state index in [4.69, 9.17) is 27.2 Å². The Balaban J connectivity index is 1.56. The molecule has 0 spiro atoms. The molecule has 0 bridgehead atoms. The summed E-state index contributed by atoms with van der Waals surface area (Å²) in [6, 6.07) is 6.26. The first-order chi connectivity index (χ1) is 18.0. The van der Waals surface area contributed by atoms with Gasteiger partial charge in [-0.2, -0.15) is 0 Å². The molecule has 1 fully saturated rings. The van der Waals surface area contributed by atoms with Crippen molar-refractivity contribution < 1.29 is 33.0 Å². The second-order valence-corrected chi connectivity index (χ2v) is 9.53. The number of benzene rings is 2. The predicted octanol–water partition coefficient (Wildman–Crippen LogP) is 3.38. The molecule has 38 heavy (non-hydrogen) atoms. The fraction of sp³-hybridized carbons (Fsp3) is 0.320. The summed E-state index contributed by atoms with van der Waals surface area (Å²) in [4.78, 5) is 39.2. The van der Waals surface area contributed by atoms with Crippen LogP contribution in [0.3, 0.4) is 0 Å². The molecule has 0 saturated carbocycles. The molecular formula is C25H26ClF2N5O5. The highest BCUT2D eigenvalue weighted by molar-refractivity contribution is 6.30. The molecule has 0 radical (unpaired) electrons. The Morgan fingerprint density at radius 3 is 2.76 bits per heavy atom. The van der Waals surface area contributed by atoms with Gasteiger partial charge in [0.2, 0.25) is 5.91 Å². The number of carbonyl (C=O) groups excluding carboxylic acids is 3. The number of nitrogens with one attached hydrogen (secondary N) is 2. The lowest BCUT2D eigenvalue weighted by Crippen LogP contribution is -2.47. The Morgan fingerprint density at radius 1 is 1.29 bits per heavy atom. The number of likely N-dealkylation sites (tertiary alicyclic amines) is 1. The normalized spacial score (nSPS) is 19.0. The quantitative estimate of drug-likeness (QED) is 0.358. The van der Waals surface area contributed by atoms with Crippen LogP contribution in [0.1, 0.15) is 18.9 Å². The molecule has 2 atom stereocenters. The zero-order valence-corrected chi connectivity index (χ0v) is 21.1. The minimum absolute atomic E-state index is 0.0302. The van der Waals surface area contributed by atoms with Crippen molar-refractivity contribution >= 4 is 46.2 Å². The van der Waals surface area contributed by atoms with Crippen LogP contribution in [-0.4, -0.2) is 64.0 Å². The van der Waals surface area contributed by atoms with Crippen LogP contribution in [0.15, 0.2) is 42.6 Å². The molecule has 4 rings (SSSR count). The van der Waals surface area contributed by atoms with Crippen LogP contribution in [0.5, 0.6) is 5.75 Å². The van der Waals surface area contributed by atoms with Gasteiger partial charge in [0.05, 0.1) is 29.4 Å². The maximum atomic E-state index is 15.0. The van der Waals surface area contributed by atoms with Gasteiger partial charge in [-0.25, -0.2) is 18.4 Å². The van der Waals surface area contributed by atoms with Gasteiger partial charge in [-0.05, 0) is 31.2 Å². The summed E-state index contributed by atoms with van der Waals surface area (Å²) in [5.41, 5.74) is 4.29. The van der Waals surface area contributed by atoms with Crippen molar-refractivity contribution in [3.63, 3.8) is 0 Å². The number of halogens is 3. The number of fused-ring (bicyclic) bond motifs is 1. The zero-order chi connectivity index (χ0) is 27.6. The first kappa shape index (κ1) is 27.1. The van der Waals surface area contributed by atoms with Gasteiger partial charge in [0.25, 0.3) is 0 Å². The van der Waals surface area contributed by atoms with Gasteiger partial charge < -0.3 is 31.1 Å². The molecule has 4 amide bonds. The van der Waals surface area contributed by atoms with Crippen molar-refractivity contribution in [3.8, 4) is 5.75 Å². The number of amides is 4. The summed E-state index contributed by atoms with van der Waals surface area (Å²) in [6.07, 6.45) is 1.04. The van der Waals surface area contributed by atoms with Crippen LogP contribution in [0.2, 0.25) is 5.02 Å². The number of aromatic nitrogens is 1. The van der Waals surface area contributed by atoms with E-state index in [9.17, 15) is 18.8 Å². The van der Waals surface area contributed by atoms with Crippen molar-refractivity contribution in [3.05, 3.63) is 59.0 Å². The summed E-state index contributed by atoms with van der Waals surface area (Å²) < 4.78 is 35.7. The van der Waals surface area contributed by atoms with Crippen LogP contribution in [0.4, 0.5) is 24.1 Å². The fourth-order valence-corrected chi connectivity index (χ4v) is 4.60. The van der Waals surface area contributed by atoms with E-state index in [1.54, 1.807) is 18.2 Å². The van der Waals surface area contributed by atoms with E-state index in [0.29, 0.717) is 16.7 Å². The largest absolute Gasteiger partial charge is 0.491 e. The minimum Gasteiger partial charge on any atom is -0.491 e. The number of rotatable bonds is 7. The molecular weight excluding hydrogens is 524 g/mol. The number of carbonyl (C=O) groups is 3. The highest BCUT2D eigenvalue weighted by Gasteiger charge is 2.46. The van der Waals surface area contributed by atoms with Crippen molar-refractivity contribution in [2.75, 3.05) is 25.1 Å². The van der Waals surface area contributed by atoms with E-state index in [1.165, 1.54) is 31.3 Å². The van der Waals surface area contributed by atoms with Gasteiger partial charge in [0.1, 0.15) is 29.9 Å². The second-order valence-electron chi connectivity index (χ2n) is 9.12. The number of alkyl halides is 1. The summed E-state index contributed by atoms with van der Waals surface area (Å²) in [7, 11) is 0. The second kappa shape index (κ2) is 10.8. The molecule has 10 nitrogen and oxygen atoms in total. The smallest absolute Gasteiger partial charge is 0.323 e. The van der Waals surface area contributed by atoms with Crippen LogP contribution in [0, 0.1) is 5.82 Å². The Morgan fingerprint density at radius 2 is 2.05 bits per heavy atom. The third-order valence-electron chi connectivity index (χ3n) is 6.16. The molecule has 13 heteroatoms. The van der Waals surface area contributed by atoms with E-state index in [-0.39, 0.29) is 49.0 Å². The fourth-order valence-electron chi connectivity index (χ4n) is 4.41. The van der Waals surface area contributed by atoms with Gasteiger partial charge in [0, 0.05) is 30.1 Å². The number of anilines is 1. The lowest BCUT2D eigenvalue weighted by molar-refractivity contribution is -0.124. The minimum atomic E-state index is -1.85. The molecule has 1 saturated heterocycles. The molecule has 2 heterocycles. The van der Waals surface area contributed by atoms with Gasteiger partial charge in [-0.1, -0.05) is 23.7 Å². The number of primary amides is 1. The summed E-state index contributed by atoms with van der Waals surface area (Å²) in [6.45, 7) is 0.516. The molecule has 0 aliphatic carbocycles. The maximum absolute atomic E-state index is 15.0. The average Bonchev–Trinajstić information content (AvgIpc) is 3.40. The molecule has 2 aromatic carbocycles. The van der Waals surface area contributed by atoms with E-state index < -0.39 is 35.5 Å². The van der Waals surface area contributed by atoms with Crippen molar-refractivity contribution in [2.24, 2.45) is 5.73 Å².